The monoisotopic (exact) mass is 189 g/mol. The minimum Gasteiger partial charge on any atom is -0.481 e. The van der Waals surface area contributed by atoms with Gasteiger partial charge in [0.2, 0.25) is 0 Å². The molecule has 0 spiro atoms. The van der Waals surface area contributed by atoms with Gasteiger partial charge in [-0.25, -0.2) is 4.79 Å². The van der Waals surface area contributed by atoms with Crippen molar-refractivity contribution in [1.29, 1.82) is 0 Å². The van der Waals surface area contributed by atoms with E-state index in [1.165, 1.54) is 0 Å². The Labute approximate surface area is 74.7 Å². The Hall–Kier alpha value is -1.43. The van der Waals surface area contributed by atoms with Crippen molar-refractivity contribution >= 4 is 17.9 Å². The topological polar surface area (TPSA) is 107 Å². The number of esters is 2. The molecule has 0 aromatic carbocycles. The summed E-state index contributed by atoms with van der Waals surface area (Å²) in [7, 11) is 0. The highest BCUT2D eigenvalue weighted by Gasteiger charge is 2.17. The molecule has 0 bridgehead atoms. The molecular weight excluding hydrogens is 178 g/mol. The van der Waals surface area contributed by atoms with Crippen LogP contribution in [0.1, 0.15) is 19.8 Å². The molecule has 0 rings (SSSR count). The summed E-state index contributed by atoms with van der Waals surface area (Å²) in [6, 6.07) is -1.06. The first-order valence-corrected chi connectivity index (χ1v) is 3.63. The molecule has 0 aromatic heterocycles. The molecule has 0 amide bonds. The number of ether oxygens (including phenoxy) is 1. The van der Waals surface area contributed by atoms with Crippen molar-refractivity contribution in [2.45, 2.75) is 25.8 Å². The van der Waals surface area contributed by atoms with E-state index in [0.29, 0.717) is 0 Å². The molecule has 0 aliphatic carbocycles. The number of carbonyl (C=O) groups is 3. The summed E-state index contributed by atoms with van der Waals surface area (Å²) in [6.45, 7) is 1.07. The number of hydrogen-bond donors (Lipinski definition) is 2. The first-order valence-electron chi connectivity index (χ1n) is 3.63. The fraction of sp³-hybridized carbons (Fsp3) is 0.571. The van der Waals surface area contributed by atoms with E-state index in [-0.39, 0.29) is 12.8 Å². The summed E-state index contributed by atoms with van der Waals surface area (Å²) in [6.07, 6.45) is -0.268. The number of rotatable bonds is 4. The second kappa shape index (κ2) is 5.26. The lowest BCUT2D eigenvalue weighted by Gasteiger charge is -2.06. The van der Waals surface area contributed by atoms with Crippen molar-refractivity contribution in [3.63, 3.8) is 0 Å². The third-order valence-corrected chi connectivity index (χ3v) is 1.22. The Balaban J connectivity index is 3.82. The molecule has 6 heteroatoms. The van der Waals surface area contributed by atoms with E-state index >= 15 is 0 Å². The van der Waals surface area contributed by atoms with Crippen LogP contribution in [-0.4, -0.2) is 29.1 Å². The smallest absolute Gasteiger partial charge is 0.330 e. The maximum Gasteiger partial charge on any atom is 0.330 e. The average molecular weight is 189 g/mol. The highest BCUT2D eigenvalue weighted by Crippen LogP contribution is 1.97. The highest BCUT2D eigenvalue weighted by molar-refractivity contribution is 5.87. The SMILES string of the molecule is CC(=O)OC(=O)[C@H](N)CCC(=O)O. The van der Waals surface area contributed by atoms with Gasteiger partial charge in [0, 0.05) is 13.3 Å². The number of nitrogens with two attached hydrogens (primary N) is 1. The number of hydrogen-bond acceptors (Lipinski definition) is 5. The van der Waals surface area contributed by atoms with Crippen LogP contribution in [0.3, 0.4) is 0 Å². The molecule has 0 unspecified atom stereocenters. The summed E-state index contributed by atoms with van der Waals surface area (Å²) in [4.78, 5) is 31.2. The lowest BCUT2D eigenvalue weighted by molar-refractivity contribution is -0.159. The Morgan fingerprint density at radius 2 is 2.00 bits per heavy atom. The number of carbonyl (C=O) groups excluding carboxylic acids is 2. The maximum atomic E-state index is 10.8. The number of carboxylic acid groups (broad SMARTS) is 1. The van der Waals surface area contributed by atoms with E-state index in [0.717, 1.165) is 6.92 Å². The predicted molar refractivity (Wildman–Crippen MR) is 41.6 cm³/mol. The summed E-state index contributed by atoms with van der Waals surface area (Å²) in [5.41, 5.74) is 5.22. The van der Waals surface area contributed by atoms with Crippen molar-refractivity contribution in [3.8, 4) is 0 Å². The predicted octanol–water partition coefficient (Wildman–Crippen LogP) is -0.732. The standard InChI is InChI=1S/C7H11NO5/c1-4(9)13-7(12)5(8)2-3-6(10)11/h5H,2-3,8H2,1H3,(H,10,11)/t5-/m1/s1. The van der Waals surface area contributed by atoms with Crippen molar-refractivity contribution in [2.75, 3.05) is 0 Å². The molecule has 0 saturated carbocycles. The Kier molecular flexibility index (Phi) is 4.68. The van der Waals surface area contributed by atoms with Gasteiger partial charge in [0.15, 0.2) is 0 Å². The summed E-state index contributed by atoms with van der Waals surface area (Å²) < 4.78 is 4.15. The van der Waals surface area contributed by atoms with Crippen LogP contribution in [0.5, 0.6) is 0 Å². The Bertz CT molecular complexity index is 225. The minimum absolute atomic E-state index is 0.0402. The molecule has 0 fully saturated rings. The zero-order valence-corrected chi connectivity index (χ0v) is 7.15. The lowest BCUT2D eigenvalue weighted by Crippen LogP contribution is -2.33. The van der Waals surface area contributed by atoms with Gasteiger partial charge < -0.3 is 15.6 Å². The largest absolute Gasteiger partial charge is 0.481 e. The van der Waals surface area contributed by atoms with Crippen LogP contribution in [0.4, 0.5) is 0 Å². The second-order valence-electron chi connectivity index (χ2n) is 2.45. The first-order chi connectivity index (χ1) is 5.93. The van der Waals surface area contributed by atoms with E-state index in [2.05, 4.69) is 4.74 Å². The zero-order valence-electron chi connectivity index (χ0n) is 7.15. The van der Waals surface area contributed by atoms with Gasteiger partial charge in [-0.1, -0.05) is 0 Å². The van der Waals surface area contributed by atoms with Crippen LogP contribution in [-0.2, 0) is 19.1 Å². The van der Waals surface area contributed by atoms with Crippen molar-refractivity contribution in [1.82, 2.24) is 0 Å². The van der Waals surface area contributed by atoms with Gasteiger partial charge in [-0.15, -0.1) is 0 Å². The van der Waals surface area contributed by atoms with E-state index in [1.807, 2.05) is 0 Å². The summed E-state index contributed by atoms with van der Waals surface area (Å²) in [5.74, 6) is -2.70. The molecule has 0 aromatic rings. The van der Waals surface area contributed by atoms with Gasteiger partial charge in [0.25, 0.3) is 0 Å². The summed E-state index contributed by atoms with van der Waals surface area (Å²) in [5, 5.41) is 8.25. The van der Waals surface area contributed by atoms with Gasteiger partial charge in [-0.2, -0.15) is 0 Å². The number of aliphatic carboxylic acids is 1. The van der Waals surface area contributed by atoms with E-state index in [9.17, 15) is 14.4 Å². The maximum absolute atomic E-state index is 10.8. The molecule has 0 heterocycles. The second-order valence-corrected chi connectivity index (χ2v) is 2.45. The molecule has 3 N–H and O–H groups in total. The quantitative estimate of drug-likeness (QED) is 0.446. The van der Waals surface area contributed by atoms with Crippen molar-refractivity contribution in [3.05, 3.63) is 0 Å². The number of carboxylic acids is 1. The highest BCUT2D eigenvalue weighted by atomic mass is 16.6. The van der Waals surface area contributed by atoms with Gasteiger partial charge >= 0.3 is 17.9 Å². The average Bonchev–Trinajstić information content (AvgIpc) is 1.98. The van der Waals surface area contributed by atoms with Crippen molar-refractivity contribution in [2.24, 2.45) is 5.73 Å². The van der Waals surface area contributed by atoms with Crippen molar-refractivity contribution < 1.29 is 24.2 Å². The van der Waals surface area contributed by atoms with E-state index < -0.39 is 23.9 Å². The molecule has 1 atom stereocenters. The zero-order chi connectivity index (χ0) is 10.4. The van der Waals surface area contributed by atoms with E-state index in [4.69, 9.17) is 10.8 Å². The van der Waals surface area contributed by atoms with Crippen LogP contribution in [0.25, 0.3) is 0 Å². The van der Waals surface area contributed by atoms with Gasteiger partial charge in [0.05, 0.1) is 0 Å². The Morgan fingerprint density at radius 1 is 1.46 bits per heavy atom. The molecule has 74 valence electrons. The fourth-order valence-corrected chi connectivity index (χ4v) is 0.614. The third-order valence-electron chi connectivity index (χ3n) is 1.22. The first kappa shape index (κ1) is 11.6. The fourth-order valence-electron chi connectivity index (χ4n) is 0.614. The van der Waals surface area contributed by atoms with Gasteiger partial charge in [-0.3, -0.25) is 9.59 Å². The molecule has 13 heavy (non-hydrogen) atoms. The van der Waals surface area contributed by atoms with Crippen LogP contribution >= 0.6 is 0 Å². The normalized spacial score (nSPS) is 11.8. The van der Waals surface area contributed by atoms with Gasteiger partial charge in [-0.05, 0) is 6.42 Å². The molecule has 0 aliphatic rings. The van der Waals surface area contributed by atoms with Crippen LogP contribution in [0.2, 0.25) is 0 Å². The van der Waals surface area contributed by atoms with Gasteiger partial charge in [0.1, 0.15) is 6.04 Å². The molecule has 0 aliphatic heterocycles. The van der Waals surface area contributed by atoms with Crippen LogP contribution in [0.15, 0.2) is 0 Å². The molecule has 0 saturated heterocycles. The third kappa shape index (κ3) is 5.80. The molecule has 6 nitrogen and oxygen atoms in total. The minimum atomic E-state index is -1.06. The van der Waals surface area contributed by atoms with E-state index in [1.54, 1.807) is 0 Å². The lowest BCUT2D eigenvalue weighted by atomic mass is 10.2. The van der Waals surface area contributed by atoms with Crippen LogP contribution in [0, 0.1) is 0 Å². The summed E-state index contributed by atoms with van der Waals surface area (Å²) >= 11 is 0. The van der Waals surface area contributed by atoms with Crippen LogP contribution < -0.4 is 5.73 Å². The molecule has 0 radical (unpaired) electrons. The Morgan fingerprint density at radius 3 is 2.38 bits per heavy atom. The molecular formula is C7H11NO5.